The van der Waals surface area contributed by atoms with Crippen molar-refractivity contribution in [2.45, 2.75) is 81.9 Å². The highest BCUT2D eigenvalue weighted by Crippen LogP contribution is 2.69. The van der Waals surface area contributed by atoms with Crippen molar-refractivity contribution in [1.82, 2.24) is 20.4 Å². The Bertz CT molecular complexity index is 2020. The summed E-state index contributed by atoms with van der Waals surface area (Å²) in [5.41, 5.74) is 2.52. The van der Waals surface area contributed by atoms with Gasteiger partial charge < -0.3 is 39.5 Å². The Hall–Kier alpha value is -5.57. The van der Waals surface area contributed by atoms with Crippen LogP contribution in [-0.4, -0.2) is 101 Å². The lowest BCUT2D eigenvalue weighted by Crippen LogP contribution is -2.54. The van der Waals surface area contributed by atoms with Crippen LogP contribution in [0.1, 0.15) is 66.8 Å². The summed E-state index contributed by atoms with van der Waals surface area (Å²) < 4.78 is 29.6. The zero-order chi connectivity index (χ0) is 42.2. The van der Waals surface area contributed by atoms with Gasteiger partial charge in [-0.1, -0.05) is 78.9 Å². The van der Waals surface area contributed by atoms with Gasteiger partial charge in [-0.3, -0.25) is 23.8 Å². The number of hydrogen-bond acceptors (Lipinski definition) is 10. The van der Waals surface area contributed by atoms with Crippen molar-refractivity contribution in [2.75, 3.05) is 27.3 Å². The van der Waals surface area contributed by atoms with Crippen LogP contribution in [0.25, 0.3) is 0 Å². The largest absolute Gasteiger partial charge is 0.467 e. The number of rotatable bonds is 14. The average molecular weight is 821 g/mol. The Kier molecular flexibility index (Phi) is 14.1. The van der Waals surface area contributed by atoms with Crippen LogP contribution in [0.4, 0.5) is 4.79 Å². The number of nitrogens with one attached hydrogen (secondary N) is 2. The molecule has 0 spiro atoms. The molecule has 17 heteroatoms. The molecule has 2 fully saturated rings. The minimum Gasteiger partial charge on any atom is -0.467 e. The molecule has 4 N–H and O–H groups in total. The fourth-order valence-corrected chi connectivity index (χ4v) is 9.69. The molecule has 2 saturated heterocycles. The van der Waals surface area contributed by atoms with E-state index in [1.165, 1.54) is 50.0 Å². The highest BCUT2D eigenvalue weighted by Gasteiger charge is 2.64. The van der Waals surface area contributed by atoms with Crippen molar-refractivity contribution >= 4 is 43.3 Å². The number of nitrogens with zero attached hydrogens (tertiary/aromatic N) is 2. The summed E-state index contributed by atoms with van der Waals surface area (Å²) in [4.78, 5) is 102. The average Bonchev–Trinajstić information content (AvgIpc) is 3.86. The molecule has 3 aromatic rings. The molecule has 4 amide bonds. The van der Waals surface area contributed by atoms with Gasteiger partial charge in [-0.25, -0.2) is 14.4 Å². The second kappa shape index (κ2) is 18.8. The van der Waals surface area contributed by atoms with Gasteiger partial charge in [-0.15, -0.1) is 0 Å². The quantitative estimate of drug-likeness (QED) is 0.105. The van der Waals surface area contributed by atoms with E-state index in [1.807, 2.05) is 18.2 Å². The van der Waals surface area contributed by atoms with Crippen LogP contribution >= 0.6 is 7.60 Å². The Morgan fingerprint density at radius 1 is 0.759 bits per heavy atom. The van der Waals surface area contributed by atoms with Crippen LogP contribution in [0.2, 0.25) is 0 Å². The number of likely N-dealkylation sites (tertiary alicyclic amines) is 2. The fourth-order valence-electron chi connectivity index (χ4n) is 8.01. The van der Waals surface area contributed by atoms with Gasteiger partial charge in [0.25, 0.3) is 0 Å². The van der Waals surface area contributed by atoms with Crippen molar-refractivity contribution in [1.29, 1.82) is 0 Å². The molecule has 2 aliphatic heterocycles. The number of ether oxygens (including phenoxy) is 3. The molecule has 3 aromatic carbocycles. The molecule has 58 heavy (non-hydrogen) atoms. The lowest BCUT2D eigenvalue weighted by atomic mass is 9.85. The number of carbonyl (C=O) groups excluding carboxylic acids is 6. The zero-order valence-corrected chi connectivity index (χ0v) is 33.7. The highest BCUT2D eigenvalue weighted by atomic mass is 31.2. The molecule has 310 valence electrons. The van der Waals surface area contributed by atoms with E-state index in [1.54, 1.807) is 48.5 Å². The van der Waals surface area contributed by atoms with Crippen molar-refractivity contribution in [3.05, 3.63) is 107 Å². The van der Waals surface area contributed by atoms with E-state index in [4.69, 9.17) is 14.2 Å². The third-order valence-corrected chi connectivity index (χ3v) is 12.3. The van der Waals surface area contributed by atoms with Gasteiger partial charge in [0.15, 0.2) is 5.28 Å². The predicted molar refractivity (Wildman–Crippen MR) is 209 cm³/mol. The number of benzene rings is 3. The number of methoxy groups -OCH3 is 2. The van der Waals surface area contributed by atoms with E-state index in [0.29, 0.717) is 23.1 Å². The summed E-state index contributed by atoms with van der Waals surface area (Å²) in [6.45, 7) is 2.65. The highest BCUT2D eigenvalue weighted by molar-refractivity contribution is 7.53. The summed E-state index contributed by atoms with van der Waals surface area (Å²) >= 11 is 0. The van der Waals surface area contributed by atoms with E-state index in [2.05, 4.69) is 10.6 Å². The molecule has 16 nitrogen and oxygen atoms in total. The van der Waals surface area contributed by atoms with Crippen LogP contribution in [0, 0.1) is 0 Å². The Morgan fingerprint density at radius 3 is 1.79 bits per heavy atom. The van der Waals surface area contributed by atoms with E-state index < -0.39 is 72.7 Å². The Balaban J connectivity index is 1.54. The van der Waals surface area contributed by atoms with Gasteiger partial charge in [0.2, 0.25) is 17.7 Å². The molecule has 2 aliphatic rings. The second-order valence-corrected chi connectivity index (χ2v) is 16.2. The molecule has 0 radical (unpaired) electrons. The summed E-state index contributed by atoms with van der Waals surface area (Å²) in [7, 11) is -2.95. The van der Waals surface area contributed by atoms with Crippen LogP contribution in [0.5, 0.6) is 0 Å². The molecule has 0 unspecified atom stereocenters. The smallest absolute Gasteiger partial charge is 0.410 e. The normalized spacial score (nSPS) is 20.1. The van der Waals surface area contributed by atoms with Gasteiger partial charge in [-0.2, -0.15) is 0 Å². The molecule has 0 aromatic heterocycles. The maximum absolute atomic E-state index is 14.8. The maximum atomic E-state index is 14.8. The van der Waals surface area contributed by atoms with Gasteiger partial charge >= 0.3 is 25.6 Å². The van der Waals surface area contributed by atoms with Gasteiger partial charge in [0.1, 0.15) is 24.7 Å². The standard InChI is InChI=1S/C41H49N4O12P/c1-26(46)42-34(38(49)55-3)23-28-12-16-31(17-13-28)33-20-22-45(37(48)36-11-8-21-44(36)40(51)57-25-30-9-6-5-7-10-30)41(33,58(52,53)54)32-18-14-29(15-19-32)24-35(39(50)56-4)43-27(2)47/h5-7,9-10,12-19,33-36H,8,11,20-25H2,1-4H3,(H,42,46)(H,43,47)(H2,52,53,54)/t33-,34-,35-,36-,41-/m0/s1. The Morgan fingerprint density at radius 2 is 1.29 bits per heavy atom. The minimum absolute atomic E-state index is 0.0101. The Labute approximate surface area is 336 Å². The van der Waals surface area contributed by atoms with Crippen molar-refractivity contribution < 1.29 is 57.3 Å². The molecular formula is C41H49N4O12P. The van der Waals surface area contributed by atoms with Crippen LogP contribution < -0.4 is 10.6 Å². The number of hydrogen-bond donors (Lipinski definition) is 4. The van der Waals surface area contributed by atoms with Gasteiger partial charge in [0.05, 0.1) is 14.2 Å². The first-order valence-corrected chi connectivity index (χ1v) is 20.4. The van der Waals surface area contributed by atoms with Gasteiger partial charge in [-0.05, 0) is 47.1 Å². The van der Waals surface area contributed by atoms with Crippen LogP contribution in [-0.2, 0) is 67.5 Å². The third kappa shape index (κ3) is 9.58. The van der Waals surface area contributed by atoms with E-state index in [-0.39, 0.29) is 50.9 Å². The van der Waals surface area contributed by atoms with E-state index in [0.717, 1.165) is 5.56 Å². The summed E-state index contributed by atoms with van der Waals surface area (Å²) in [5.74, 6) is -3.82. The SMILES string of the molecule is COC(=O)[C@H](Cc1ccc([C@@H]2CCN(C(=O)[C@@H]3CCCN3C(=O)OCc3ccccc3)[C@@]2(c2ccc(C[C@H](NC(C)=O)C(=O)OC)cc2)P(=O)(O)O)cc1)NC(C)=O. The lowest BCUT2D eigenvalue weighted by Gasteiger charge is -2.44. The van der Waals surface area contributed by atoms with Crippen molar-refractivity contribution in [3.63, 3.8) is 0 Å². The maximum Gasteiger partial charge on any atom is 0.410 e. The van der Waals surface area contributed by atoms with Gasteiger partial charge in [0, 0.05) is 45.7 Å². The third-order valence-electron chi connectivity index (χ3n) is 10.6. The first kappa shape index (κ1) is 43.6. The second-order valence-electron chi connectivity index (χ2n) is 14.4. The molecule has 5 atom stereocenters. The van der Waals surface area contributed by atoms with E-state index >= 15 is 0 Å². The van der Waals surface area contributed by atoms with Crippen LogP contribution in [0.15, 0.2) is 78.9 Å². The summed E-state index contributed by atoms with van der Waals surface area (Å²) in [6, 6.07) is 18.8. The van der Waals surface area contributed by atoms with Crippen molar-refractivity contribution in [3.8, 4) is 0 Å². The molecular weight excluding hydrogens is 771 g/mol. The molecule has 0 saturated carbocycles. The topological polar surface area (TPSA) is 218 Å². The number of amides is 4. The molecule has 2 heterocycles. The first-order chi connectivity index (χ1) is 27.6. The monoisotopic (exact) mass is 820 g/mol. The number of esters is 2. The molecule has 0 aliphatic carbocycles. The fraction of sp³-hybridized carbons (Fsp3) is 0.415. The summed E-state index contributed by atoms with van der Waals surface area (Å²) in [5, 5.41) is 2.86. The zero-order valence-electron chi connectivity index (χ0n) is 32.8. The molecule has 0 bridgehead atoms. The summed E-state index contributed by atoms with van der Waals surface area (Å²) in [6.07, 6.45) is 0.215. The van der Waals surface area contributed by atoms with E-state index in [9.17, 15) is 43.1 Å². The minimum atomic E-state index is -5.35. The lowest BCUT2D eigenvalue weighted by molar-refractivity contribution is -0.145. The number of carbonyl (C=O) groups is 6. The predicted octanol–water partition coefficient (Wildman–Crippen LogP) is 3.27. The van der Waals surface area contributed by atoms with Crippen LogP contribution in [0.3, 0.4) is 0 Å². The molecule has 5 rings (SSSR count). The van der Waals surface area contributed by atoms with Crippen molar-refractivity contribution in [2.24, 2.45) is 0 Å². The first-order valence-electron chi connectivity index (χ1n) is 18.8.